The van der Waals surface area contributed by atoms with Crippen LogP contribution in [0.2, 0.25) is 0 Å². The summed E-state index contributed by atoms with van der Waals surface area (Å²) < 4.78 is 53.4. The normalized spacial score (nSPS) is 15.9. The van der Waals surface area contributed by atoms with Crippen LogP contribution in [0.4, 0.5) is 8.78 Å². The molecule has 1 saturated heterocycles. The summed E-state index contributed by atoms with van der Waals surface area (Å²) in [4.78, 5) is 18.8. The van der Waals surface area contributed by atoms with Crippen molar-refractivity contribution in [1.82, 2.24) is 14.2 Å². The molecular weight excluding hydrogens is 514 g/mol. The van der Waals surface area contributed by atoms with E-state index in [9.17, 15) is 27.2 Å². The van der Waals surface area contributed by atoms with Crippen molar-refractivity contribution in [1.29, 1.82) is 0 Å². The zero-order valence-electron chi connectivity index (χ0n) is 21.0. The Morgan fingerprint density at radius 1 is 1.03 bits per heavy atom. The number of halogens is 2. The number of pyridine rings is 1. The standard InChI is InChI=1S/C27H28F2N4O4S/c1-18-15-21(9-10-30-18)26(31-35)17-24(23-8-7-22(28)16-25(23)29)19-3-5-20(6-4-19)27(34)32-11-13-33(14-12-32)38(2,36)37/h3-10,15-16,24,35H,11-14,17H2,1-2H3/b31-26-. The summed E-state index contributed by atoms with van der Waals surface area (Å²) >= 11 is 0. The maximum atomic E-state index is 14.9. The van der Waals surface area contributed by atoms with E-state index >= 15 is 0 Å². The zero-order valence-corrected chi connectivity index (χ0v) is 21.8. The number of rotatable bonds is 7. The van der Waals surface area contributed by atoms with E-state index in [1.165, 1.54) is 16.4 Å². The highest BCUT2D eigenvalue weighted by molar-refractivity contribution is 7.88. The topological polar surface area (TPSA) is 103 Å². The third-order valence-corrected chi connectivity index (χ3v) is 7.94. The first-order chi connectivity index (χ1) is 18.1. The fraction of sp³-hybridized carbons (Fsp3) is 0.296. The van der Waals surface area contributed by atoms with Gasteiger partial charge in [0.25, 0.3) is 5.91 Å². The monoisotopic (exact) mass is 542 g/mol. The molecule has 1 unspecified atom stereocenters. The maximum Gasteiger partial charge on any atom is 0.253 e. The lowest BCUT2D eigenvalue weighted by atomic mass is 9.84. The minimum absolute atomic E-state index is 0.100. The number of oxime groups is 1. The molecule has 3 aromatic rings. The van der Waals surface area contributed by atoms with E-state index in [-0.39, 0.29) is 44.1 Å². The quantitative estimate of drug-likeness (QED) is 0.278. The lowest BCUT2D eigenvalue weighted by molar-refractivity contribution is 0.0698. The van der Waals surface area contributed by atoms with Crippen molar-refractivity contribution in [3.63, 3.8) is 0 Å². The minimum Gasteiger partial charge on any atom is -0.411 e. The molecule has 200 valence electrons. The highest BCUT2D eigenvalue weighted by atomic mass is 32.2. The summed E-state index contributed by atoms with van der Waals surface area (Å²) in [6.45, 7) is 2.81. The second-order valence-electron chi connectivity index (χ2n) is 9.23. The molecule has 38 heavy (non-hydrogen) atoms. The average molecular weight is 543 g/mol. The summed E-state index contributed by atoms with van der Waals surface area (Å²) in [5, 5.41) is 13.2. The van der Waals surface area contributed by atoms with Gasteiger partial charge in [-0.15, -0.1) is 0 Å². The molecule has 11 heteroatoms. The molecule has 1 aliphatic rings. The van der Waals surface area contributed by atoms with Crippen LogP contribution in [0.25, 0.3) is 0 Å². The largest absolute Gasteiger partial charge is 0.411 e. The molecule has 2 aromatic carbocycles. The number of aryl methyl sites for hydroxylation is 1. The van der Waals surface area contributed by atoms with Crippen molar-refractivity contribution in [2.24, 2.45) is 5.16 Å². The minimum atomic E-state index is -3.31. The van der Waals surface area contributed by atoms with Gasteiger partial charge in [-0.1, -0.05) is 23.4 Å². The predicted octanol–water partition coefficient (Wildman–Crippen LogP) is 3.79. The number of aromatic nitrogens is 1. The van der Waals surface area contributed by atoms with E-state index in [0.717, 1.165) is 12.3 Å². The van der Waals surface area contributed by atoms with Gasteiger partial charge in [-0.25, -0.2) is 17.2 Å². The molecule has 1 amide bonds. The molecule has 0 radical (unpaired) electrons. The number of benzene rings is 2. The number of amides is 1. The van der Waals surface area contributed by atoms with Crippen LogP contribution in [-0.2, 0) is 10.0 Å². The van der Waals surface area contributed by atoms with Crippen molar-refractivity contribution in [3.05, 3.63) is 100 Å². The predicted molar refractivity (Wildman–Crippen MR) is 139 cm³/mol. The van der Waals surface area contributed by atoms with Gasteiger partial charge in [0.15, 0.2) is 0 Å². The molecule has 1 aliphatic heterocycles. The van der Waals surface area contributed by atoms with Gasteiger partial charge in [0.2, 0.25) is 10.0 Å². The number of carbonyl (C=O) groups excluding carboxylic acids is 1. The van der Waals surface area contributed by atoms with Gasteiger partial charge in [-0.3, -0.25) is 9.78 Å². The number of sulfonamides is 1. The number of carbonyl (C=O) groups is 1. The fourth-order valence-electron chi connectivity index (χ4n) is 4.59. The van der Waals surface area contributed by atoms with E-state index in [1.807, 2.05) is 0 Å². The van der Waals surface area contributed by atoms with Gasteiger partial charge in [0.1, 0.15) is 11.6 Å². The second-order valence-corrected chi connectivity index (χ2v) is 11.2. The molecule has 1 fully saturated rings. The maximum absolute atomic E-state index is 14.9. The van der Waals surface area contributed by atoms with Crippen LogP contribution in [0, 0.1) is 18.6 Å². The Labute approximate surface area is 220 Å². The van der Waals surface area contributed by atoms with Crippen molar-refractivity contribution in [2.45, 2.75) is 19.3 Å². The first-order valence-electron chi connectivity index (χ1n) is 12.0. The third-order valence-electron chi connectivity index (χ3n) is 6.64. The molecule has 1 atom stereocenters. The van der Waals surface area contributed by atoms with E-state index < -0.39 is 27.6 Å². The van der Waals surface area contributed by atoms with Crippen molar-refractivity contribution in [3.8, 4) is 0 Å². The van der Waals surface area contributed by atoms with Crippen LogP contribution in [-0.4, -0.2) is 71.9 Å². The van der Waals surface area contributed by atoms with Crippen LogP contribution in [0.5, 0.6) is 0 Å². The number of hydrogen-bond donors (Lipinski definition) is 1. The average Bonchev–Trinajstić information content (AvgIpc) is 2.89. The smallest absolute Gasteiger partial charge is 0.253 e. The number of nitrogens with zero attached hydrogens (tertiary/aromatic N) is 4. The van der Waals surface area contributed by atoms with Crippen molar-refractivity contribution in [2.75, 3.05) is 32.4 Å². The van der Waals surface area contributed by atoms with Gasteiger partial charge in [0, 0.05) is 67.6 Å². The van der Waals surface area contributed by atoms with Crippen molar-refractivity contribution < 1.29 is 27.2 Å². The van der Waals surface area contributed by atoms with Crippen LogP contribution >= 0.6 is 0 Å². The molecule has 1 N–H and O–H groups in total. The second kappa shape index (κ2) is 11.4. The third kappa shape index (κ3) is 6.22. The lowest BCUT2D eigenvalue weighted by Gasteiger charge is -2.33. The molecular formula is C27H28F2N4O4S. The molecule has 8 nitrogen and oxygen atoms in total. The zero-order chi connectivity index (χ0) is 27.4. The molecule has 0 spiro atoms. The van der Waals surface area contributed by atoms with Gasteiger partial charge >= 0.3 is 0 Å². The summed E-state index contributed by atoms with van der Waals surface area (Å²) in [5.41, 5.74) is 2.89. The molecule has 0 bridgehead atoms. The van der Waals surface area contributed by atoms with Crippen LogP contribution in [0.15, 0.2) is 65.9 Å². The SMILES string of the molecule is Cc1cc(/C(CC(c2ccc(C(=O)N3CCN(S(C)(=O)=O)CC3)cc2)c2ccc(F)cc2F)=N\O)ccn1. The number of piperazine rings is 1. The summed E-state index contributed by atoms with van der Waals surface area (Å²) in [6.07, 6.45) is 2.83. The summed E-state index contributed by atoms with van der Waals surface area (Å²) in [5.74, 6) is -2.32. The van der Waals surface area contributed by atoms with Crippen molar-refractivity contribution >= 4 is 21.6 Å². The summed E-state index contributed by atoms with van der Waals surface area (Å²) in [6, 6.07) is 13.4. The summed E-state index contributed by atoms with van der Waals surface area (Å²) in [7, 11) is -3.31. The molecule has 1 aromatic heterocycles. The Kier molecular flexibility index (Phi) is 8.17. The highest BCUT2D eigenvalue weighted by Gasteiger charge is 2.27. The lowest BCUT2D eigenvalue weighted by Crippen LogP contribution is -2.50. The molecule has 0 saturated carbocycles. The van der Waals surface area contributed by atoms with Crippen LogP contribution < -0.4 is 0 Å². The van der Waals surface area contributed by atoms with E-state index in [0.29, 0.717) is 28.1 Å². The van der Waals surface area contributed by atoms with Gasteiger partial charge in [-0.2, -0.15) is 4.31 Å². The highest BCUT2D eigenvalue weighted by Crippen LogP contribution is 2.32. The Hall–Kier alpha value is -3.70. The molecule has 4 rings (SSSR count). The first-order valence-corrected chi connectivity index (χ1v) is 13.8. The van der Waals surface area contributed by atoms with Crippen LogP contribution in [0.1, 0.15) is 45.1 Å². The van der Waals surface area contributed by atoms with Crippen LogP contribution in [0.3, 0.4) is 0 Å². The van der Waals surface area contributed by atoms with Gasteiger partial charge in [-0.05, 0) is 48.4 Å². The van der Waals surface area contributed by atoms with E-state index in [2.05, 4.69) is 10.1 Å². The Morgan fingerprint density at radius 3 is 2.29 bits per heavy atom. The van der Waals surface area contributed by atoms with Gasteiger partial charge in [0.05, 0.1) is 12.0 Å². The Morgan fingerprint density at radius 2 is 1.71 bits per heavy atom. The molecule has 2 heterocycles. The Bertz CT molecular complexity index is 1450. The number of hydrogen-bond acceptors (Lipinski definition) is 6. The fourth-order valence-corrected chi connectivity index (χ4v) is 5.42. The van der Waals surface area contributed by atoms with E-state index in [4.69, 9.17) is 0 Å². The van der Waals surface area contributed by atoms with Gasteiger partial charge < -0.3 is 10.1 Å². The Balaban J connectivity index is 1.60. The molecule has 0 aliphatic carbocycles. The van der Waals surface area contributed by atoms with E-state index in [1.54, 1.807) is 54.4 Å². The first kappa shape index (κ1) is 27.3.